The van der Waals surface area contributed by atoms with E-state index in [1.54, 1.807) is 39.0 Å². The molecule has 43 heavy (non-hydrogen) atoms. The number of nitrogens with one attached hydrogen (secondary N) is 1. The molecule has 3 aromatic carbocycles. The first kappa shape index (κ1) is 28.5. The summed E-state index contributed by atoms with van der Waals surface area (Å²) in [5, 5.41) is 2.18. The van der Waals surface area contributed by atoms with Crippen LogP contribution in [0.1, 0.15) is 67.6 Å². The van der Waals surface area contributed by atoms with E-state index in [9.17, 15) is 19.2 Å². The van der Waals surface area contributed by atoms with Crippen molar-refractivity contribution in [1.82, 2.24) is 10.2 Å². The van der Waals surface area contributed by atoms with E-state index in [1.165, 1.54) is 12.1 Å². The van der Waals surface area contributed by atoms with Crippen LogP contribution in [0.4, 0.5) is 9.59 Å². The fourth-order valence-electron chi connectivity index (χ4n) is 4.70. The lowest BCUT2D eigenvalue weighted by atomic mass is 9.95. The quantitative estimate of drug-likeness (QED) is 0.246. The van der Waals surface area contributed by atoms with Gasteiger partial charge in [0.25, 0.3) is 0 Å². The maximum absolute atomic E-state index is 14.1. The van der Waals surface area contributed by atoms with Crippen molar-refractivity contribution in [2.45, 2.75) is 65.2 Å². The number of nitrogens with zero attached hydrogens (tertiary/aromatic N) is 1. The molecule has 0 bridgehead atoms. The lowest BCUT2D eigenvalue weighted by Crippen LogP contribution is -2.46. The van der Waals surface area contributed by atoms with Gasteiger partial charge in [-0.1, -0.05) is 72.3 Å². The predicted molar refractivity (Wildman–Crippen MR) is 161 cm³/mol. The number of alkyl carbamates (subject to hydrolysis) is 1. The third-order valence-electron chi connectivity index (χ3n) is 6.76. The lowest BCUT2D eigenvalue weighted by molar-refractivity contribution is -0.130. The molecule has 0 radical (unpaired) electrons. The first-order valence-electron chi connectivity index (χ1n) is 15.0. The van der Waals surface area contributed by atoms with Crippen molar-refractivity contribution in [3.8, 4) is 0 Å². The number of carbonyl (C=O) groups excluding carboxylic acids is 4. The number of ether oxygens (including phenoxy) is 3. The molecule has 226 valence electrons. The molecule has 1 heterocycles. The Labute approximate surface area is 254 Å². The summed E-state index contributed by atoms with van der Waals surface area (Å²) in [5.41, 5.74) is 2.99. The van der Waals surface area contributed by atoms with Gasteiger partial charge in [-0.05, 0) is 69.4 Å². The van der Waals surface area contributed by atoms with E-state index in [4.69, 9.17) is 17.0 Å². The van der Waals surface area contributed by atoms with Gasteiger partial charge in [-0.2, -0.15) is 0 Å². The summed E-state index contributed by atoms with van der Waals surface area (Å²) in [6.07, 6.45) is -1.66. The van der Waals surface area contributed by atoms with Crippen LogP contribution >= 0.6 is 0 Å². The second-order valence-electron chi connectivity index (χ2n) is 11.5. The molecule has 9 nitrogen and oxygen atoms in total. The highest BCUT2D eigenvalue weighted by molar-refractivity contribution is 5.97. The van der Waals surface area contributed by atoms with Crippen LogP contribution in [0, 0.1) is 13.8 Å². The number of benzene rings is 3. The van der Waals surface area contributed by atoms with Gasteiger partial charge in [0.1, 0.15) is 18.8 Å². The van der Waals surface area contributed by atoms with Crippen molar-refractivity contribution in [1.29, 1.82) is 0 Å². The Kier molecular flexibility index (Phi) is 8.96. The van der Waals surface area contributed by atoms with E-state index < -0.39 is 48.1 Å². The van der Waals surface area contributed by atoms with Gasteiger partial charge in [-0.3, -0.25) is 4.79 Å². The molecule has 1 aliphatic heterocycles. The van der Waals surface area contributed by atoms with Crippen molar-refractivity contribution in [2.24, 2.45) is 0 Å². The van der Waals surface area contributed by atoms with Crippen LogP contribution in [0.15, 0.2) is 72.8 Å². The molecule has 0 saturated carbocycles. The standard InChI is InChI=1S/C34H38N2O7/c1-22-11-16-28(23(2)17-22)31(38)41-20-25-12-14-26(15-13-25)29(19-35-32(39)43-34(3,4)5)30(37)36-27(21-42-33(36)40)18-24-9-7-6-8-10-24/h6-17,27,29H,18-21H2,1-5H3,(H,35,39)/t27-,29?/m1/s1/i19D2. The highest BCUT2D eigenvalue weighted by Crippen LogP contribution is 2.26. The van der Waals surface area contributed by atoms with Crippen molar-refractivity contribution in [2.75, 3.05) is 13.1 Å². The van der Waals surface area contributed by atoms with Crippen LogP contribution < -0.4 is 5.32 Å². The minimum atomic E-state index is -2.68. The molecule has 1 aliphatic rings. The number of imide groups is 1. The van der Waals surface area contributed by atoms with Crippen molar-refractivity contribution in [3.63, 3.8) is 0 Å². The zero-order valence-corrected chi connectivity index (χ0v) is 25.0. The summed E-state index contributed by atoms with van der Waals surface area (Å²) >= 11 is 0. The van der Waals surface area contributed by atoms with Gasteiger partial charge >= 0.3 is 18.2 Å². The summed E-state index contributed by atoms with van der Waals surface area (Å²) in [7, 11) is 0. The molecule has 1 unspecified atom stereocenters. The van der Waals surface area contributed by atoms with Crippen molar-refractivity contribution < 1.29 is 36.1 Å². The number of carbonyl (C=O) groups is 4. The van der Waals surface area contributed by atoms with Gasteiger partial charge in [-0.25, -0.2) is 19.3 Å². The SMILES string of the molecule is [2H]C([2H])(NC(=O)OC(C)(C)C)C(C(=O)N1C(=O)OC[C@H]1Cc1ccccc1)c1ccc(COC(=O)c2ccc(C)cc2C)cc1. The van der Waals surface area contributed by atoms with E-state index in [2.05, 4.69) is 5.32 Å². The number of cyclic esters (lactones) is 1. The highest BCUT2D eigenvalue weighted by atomic mass is 16.6. The molecule has 9 heteroatoms. The molecular weight excluding hydrogens is 548 g/mol. The average molecular weight is 589 g/mol. The summed E-state index contributed by atoms with van der Waals surface area (Å²) < 4.78 is 33.6. The normalized spacial score (nSPS) is 16.4. The third kappa shape index (κ3) is 8.44. The minimum absolute atomic E-state index is 0.0561. The molecule has 0 spiro atoms. The molecule has 3 amide bonds. The Bertz CT molecular complexity index is 1550. The summed E-state index contributed by atoms with van der Waals surface area (Å²) in [5.74, 6) is -3.02. The van der Waals surface area contributed by atoms with Crippen LogP contribution in [0.5, 0.6) is 0 Å². The molecule has 2 atom stereocenters. The van der Waals surface area contributed by atoms with E-state index in [-0.39, 0.29) is 18.8 Å². The van der Waals surface area contributed by atoms with E-state index in [1.807, 2.05) is 56.3 Å². The van der Waals surface area contributed by atoms with Gasteiger partial charge in [0.05, 0.1) is 20.3 Å². The monoisotopic (exact) mass is 588 g/mol. The third-order valence-corrected chi connectivity index (χ3v) is 6.76. The zero-order valence-electron chi connectivity index (χ0n) is 27.0. The second-order valence-corrected chi connectivity index (χ2v) is 11.5. The Hall–Kier alpha value is -4.66. The number of aryl methyl sites for hydroxylation is 2. The summed E-state index contributed by atoms with van der Waals surface area (Å²) in [4.78, 5) is 53.2. The fraction of sp³-hybridized carbons (Fsp3) is 0.353. The van der Waals surface area contributed by atoms with Gasteiger partial charge in [0, 0.05) is 6.50 Å². The van der Waals surface area contributed by atoms with Crippen LogP contribution in [-0.2, 0) is 32.0 Å². The second kappa shape index (κ2) is 13.5. The van der Waals surface area contributed by atoms with E-state index >= 15 is 0 Å². The molecule has 0 aliphatic carbocycles. The zero-order chi connectivity index (χ0) is 32.9. The largest absolute Gasteiger partial charge is 0.457 e. The van der Waals surface area contributed by atoms with Gasteiger partial charge in [0.15, 0.2) is 0 Å². The molecule has 1 fully saturated rings. The number of amides is 3. The number of hydrogen-bond donors (Lipinski definition) is 1. The Morgan fingerprint density at radius 2 is 1.72 bits per heavy atom. The number of rotatable bonds is 9. The Morgan fingerprint density at radius 1 is 1.02 bits per heavy atom. The summed E-state index contributed by atoms with van der Waals surface area (Å²) in [6.45, 7) is 5.85. The van der Waals surface area contributed by atoms with Crippen LogP contribution in [-0.4, -0.2) is 53.7 Å². The average Bonchev–Trinajstić information content (AvgIpc) is 3.31. The maximum Gasteiger partial charge on any atom is 0.417 e. The molecule has 3 aromatic rings. The van der Waals surface area contributed by atoms with Gasteiger partial charge in [-0.15, -0.1) is 0 Å². The maximum atomic E-state index is 14.1. The van der Waals surface area contributed by atoms with Crippen molar-refractivity contribution >= 4 is 24.1 Å². The van der Waals surface area contributed by atoms with Gasteiger partial charge < -0.3 is 19.5 Å². The predicted octanol–water partition coefficient (Wildman–Crippen LogP) is 5.86. The topological polar surface area (TPSA) is 111 Å². The van der Waals surface area contributed by atoms with Gasteiger partial charge in [0.2, 0.25) is 5.91 Å². The smallest absolute Gasteiger partial charge is 0.417 e. The Balaban J connectivity index is 1.60. The number of esters is 1. The lowest BCUT2D eigenvalue weighted by Gasteiger charge is -2.26. The first-order chi connectivity index (χ1) is 21.1. The first-order valence-corrected chi connectivity index (χ1v) is 14.0. The molecule has 1 N–H and O–H groups in total. The molecule has 0 aromatic heterocycles. The van der Waals surface area contributed by atoms with Crippen LogP contribution in [0.25, 0.3) is 0 Å². The molecular formula is C34H38N2O7. The molecule has 1 saturated heterocycles. The van der Waals surface area contributed by atoms with E-state index in [0.717, 1.165) is 21.6 Å². The highest BCUT2D eigenvalue weighted by Gasteiger charge is 2.41. The van der Waals surface area contributed by atoms with E-state index in [0.29, 0.717) is 17.5 Å². The number of hydrogen-bond acceptors (Lipinski definition) is 7. The van der Waals surface area contributed by atoms with Crippen molar-refractivity contribution in [3.05, 3.63) is 106 Å². The van der Waals surface area contributed by atoms with Crippen LogP contribution in [0.3, 0.4) is 0 Å². The minimum Gasteiger partial charge on any atom is -0.457 e. The fourth-order valence-corrected chi connectivity index (χ4v) is 4.70. The van der Waals surface area contributed by atoms with Crippen LogP contribution in [0.2, 0.25) is 0 Å². The molecule has 4 rings (SSSR count). The summed E-state index contributed by atoms with van der Waals surface area (Å²) in [6, 6.07) is 20.2. The Morgan fingerprint density at radius 3 is 2.37 bits per heavy atom.